The van der Waals surface area contributed by atoms with Crippen LogP contribution < -0.4 is 5.32 Å². The van der Waals surface area contributed by atoms with Crippen molar-refractivity contribution in [2.24, 2.45) is 0 Å². The van der Waals surface area contributed by atoms with Crippen LogP contribution in [0.15, 0.2) is 42.7 Å². The van der Waals surface area contributed by atoms with Crippen LogP contribution in [0.4, 0.5) is 0 Å². The van der Waals surface area contributed by atoms with Crippen LogP contribution in [-0.4, -0.2) is 47.8 Å². The van der Waals surface area contributed by atoms with Crippen LogP contribution in [-0.2, 0) is 11.2 Å². The minimum Gasteiger partial charge on any atom is -0.344 e. The minimum atomic E-state index is 0.105. The van der Waals surface area contributed by atoms with E-state index in [1.54, 1.807) is 15.8 Å². The third-order valence-electron chi connectivity index (χ3n) is 3.14. The maximum atomic E-state index is 12.0. The number of benzene rings is 1. The van der Waals surface area contributed by atoms with E-state index >= 15 is 0 Å². The first kappa shape index (κ1) is 14.3. The Morgan fingerprint density at radius 1 is 1.35 bits per heavy atom. The number of hydrogen-bond donors (Lipinski definition) is 1. The van der Waals surface area contributed by atoms with Gasteiger partial charge in [-0.25, -0.2) is 4.68 Å². The summed E-state index contributed by atoms with van der Waals surface area (Å²) in [5.74, 6) is 0.105. The number of hydrogen-bond acceptors (Lipinski definition) is 3. The smallest absolute Gasteiger partial charge is 0.226 e. The first-order chi connectivity index (χ1) is 9.70. The van der Waals surface area contributed by atoms with Gasteiger partial charge in [0.1, 0.15) is 0 Å². The number of nitrogens with one attached hydrogen (secondary N) is 1. The van der Waals surface area contributed by atoms with Crippen LogP contribution in [0.3, 0.4) is 0 Å². The Kier molecular flexibility index (Phi) is 4.90. The number of carbonyl (C=O) groups is 1. The minimum absolute atomic E-state index is 0.105. The number of rotatable bonds is 6. The van der Waals surface area contributed by atoms with Gasteiger partial charge in [0.25, 0.3) is 0 Å². The van der Waals surface area contributed by atoms with E-state index in [2.05, 4.69) is 10.4 Å². The van der Waals surface area contributed by atoms with E-state index in [1.165, 1.54) is 0 Å². The highest BCUT2D eigenvalue weighted by atomic mass is 16.2. The van der Waals surface area contributed by atoms with Gasteiger partial charge in [0, 0.05) is 26.3 Å². The fourth-order valence-corrected chi connectivity index (χ4v) is 1.89. The van der Waals surface area contributed by atoms with Crippen LogP contribution in [0.5, 0.6) is 0 Å². The first-order valence-corrected chi connectivity index (χ1v) is 6.68. The number of para-hydroxylation sites is 1. The van der Waals surface area contributed by atoms with Gasteiger partial charge in [-0.05, 0) is 24.7 Å². The molecule has 0 spiro atoms. The predicted octanol–water partition coefficient (Wildman–Crippen LogP) is 1.09. The molecule has 0 saturated heterocycles. The first-order valence-electron chi connectivity index (χ1n) is 6.68. The number of nitrogens with zero attached hydrogens (tertiary/aromatic N) is 3. The van der Waals surface area contributed by atoms with E-state index in [4.69, 9.17) is 0 Å². The Bertz CT molecular complexity index is 550. The molecule has 0 aliphatic carbocycles. The zero-order valence-electron chi connectivity index (χ0n) is 11.9. The van der Waals surface area contributed by atoms with E-state index in [9.17, 15) is 4.79 Å². The van der Waals surface area contributed by atoms with Gasteiger partial charge in [0.15, 0.2) is 0 Å². The average molecular weight is 272 g/mol. The van der Waals surface area contributed by atoms with Crippen molar-refractivity contribution in [1.82, 2.24) is 20.0 Å². The van der Waals surface area contributed by atoms with Crippen molar-refractivity contribution in [3.05, 3.63) is 48.3 Å². The highest BCUT2D eigenvalue weighted by Crippen LogP contribution is 2.08. The van der Waals surface area contributed by atoms with Crippen molar-refractivity contribution in [1.29, 1.82) is 0 Å². The van der Waals surface area contributed by atoms with Gasteiger partial charge >= 0.3 is 0 Å². The third kappa shape index (κ3) is 3.68. The lowest BCUT2D eigenvalue weighted by Gasteiger charge is -2.16. The van der Waals surface area contributed by atoms with Crippen LogP contribution >= 0.6 is 0 Å². The summed E-state index contributed by atoms with van der Waals surface area (Å²) in [6, 6.07) is 9.87. The molecule has 0 bridgehead atoms. The standard InChI is InChI=1S/C15H20N4O/c1-16-8-9-18(2)15(20)10-13-11-17-19(12-13)14-6-4-3-5-7-14/h3-7,11-12,16H,8-10H2,1-2H3. The zero-order valence-corrected chi connectivity index (χ0v) is 11.9. The second-order valence-electron chi connectivity index (χ2n) is 4.72. The lowest BCUT2D eigenvalue weighted by Crippen LogP contribution is -2.33. The Morgan fingerprint density at radius 3 is 2.80 bits per heavy atom. The van der Waals surface area contributed by atoms with Crippen molar-refractivity contribution >= 4 is 5.91 Å². The summed E-state index contributed by atoms with van der Waals surface area (Å²) in [6.45, 7) is 1.51. The Morgan fingerprint density at radius 2 is 2.10 bits per heavy atom. The summed E-state index contributed by atoms with van der Waals surface area (Å²) >= 11 is 0. The quantitative estimate of drug-likeness (QED) is 0.856. The second-order valence-corrected chi connectivity index (χ2v) is 4.72. The molecule has 1 amide bonds. The summed E-state index contributed by atoms with van der Waals surface area (Å²) in [4.78, 5) is 13.8. The van der Waals surface area contributed by atoms with Gasteiger partial charge in [-0.3, -0.25) is 4.79 Å². The maximum Gasteiger partial charge on any atom is 0.226 e. The Labute approximate surface area is 119 Å². The van der Waals surface area contributed by atoms with Crippen LogP contribution in [0.2, 0.25) is 0 Å². The molecule has 0 atom stereocenters. The molecule has 0 aliphatic heterocycles. The van der Waals surface area contributed by atoms with E-state index in [-0.39, 0.29) is 5.91 Å². The predicted molar refractivity (Wildman–Crippen MR) is 78.8 cm³/mol. The number of amides is 1. The molecule has 5 nitrogen and oxygen atoms in total. The normalized spacial score (nSPS) is 10.5. The highest BCUT2D eigenvalue weighted by molar-refractivity contribution is 5.78. The van der Waals surface area contributed by atoms with Crippen molar-refractivity contribution < 1.29 is 4.79 Å². The molecule has 0 unspecified atom stereocenters. The summed E-state index contributed by atoms with van der Waals surface area (Å²) in [5.41, 5.74) is 1.92. The summed E-state index contributed by atoms with van der Waals surface area (Å²) < 4.78 is 1.79. The van der Waals surface area contributed by atoms with Crippen LogP contribution in [0, 0.1) is 0 Å². The second kappa shape index (κ2) is 6.86. The lowest BCUT2D eigenvalue weighted by atomic mass is 10.2. The van der Waals surface area contributed by atoms with Crippen LogP contribution in [0.25, 0.3) is 5.69 Å². The maximum absolute atomic E-state index is 12.0. The molecule has 1 heterocycles. The van der Waals surface area contributed by atoms with Crippen LogP contribution in [0.1, 0.15) is 5.56 Å². The van der Waals surface area contributed by atoms with Gasteiger partial charge in [-0.15, -0.1) is 0 Å². The molecule has 0 radical (unpaired) electrons. The number of carbonyl (C=O) groups excluding carboxylic acids is 1. The summed E-state index contributed by atoms with van der Waals surface area (Å²) in [7, 11) is 3.70. The van der Waals surface area contributed by atoms with Gasteiger partial charge in [-0.2, -0.15) is 5.10 Å². The van der Waals surface area contributed by atoms with Crippen molar-refractivity contribution in [2.75, 3.05) is 27.2 Å². The van der Waals surface area contributed by atoms with E-state index in [0.29, 0.717) is 13.0 Å². The topological polar surface area (TPSA) is 50.2 Å². The Balaban J connectivity index is 1.98. The highest BCUT2D eigenvalue weighted by Gasteiger charge is 2.10. The molecule has 106 valence electrons. The number of aromatic nitrogens is 2. The monoisotopic (exact) mass is 272 g/mol. The molecule has 1 N–H and O–H groups in total. The fraction of sp³-hybridized carbons (Fsp3) is 0.333. The summed E-state index contributed by atoms with van der Waals surface area (Å²) in [6.07, 6.45) is 4.03. The molecule has 5 heteroatoms. The summed E-state index contributed by atoms with van der Waals surface area (Å²) in [5, 5.41) is 7.33. The molecule has 20 heavy (non-hydrogen) atoms. The molecule has 2 aromatic rings. The SMILES string of the molecule is CNCCN(C)C(=O)Cc1cnn(-c2ccccc2)c1. The molecule has 0 saturated carbocycles. The molecular weight excluding hydrogens is 252 g/mol. The van der Waals surface area contributed by atoms with Gasteiger partial charge in [-0.1, -0.05) is 18.2 Å². The van der Waals surface area contributed by atoms with Gasteiger partial charge < -0.3 is 10.2 Å². The molecular formula is C15H20N4O. The molecule has 0 aliphatic rings. The molecule has 2 rings (SSSR count). The number of likely N-dealkylation sites (N-methyl/N-ethyl adjacent to an activating group) is 2. The molecule has 1 aromatic heterocycles. The van der Waals surface area contributed by atoms with Crippen molar-refractivity contribution in [3.63, 3.8) is 0 Å². The Hall–Kier alpha value is -2.14. The van der Waals surface area contributed by atoms with E-state index in [1.807, 2.05) is 50.6 Å². The third-order valence-corrected chi connectivity index (χ3v) is 3.14. The van der Waals surface area contributed by atoms with Gasteiger partial charge in [0.05, 0.1) is 18.3 Å². The van der Waals surface area contributed by atoms with Crippen molar-refractivity contribution in [3.8, 4) is 5.69 Å². The molecule has 1 aromatic carbocycles. The average Bonchev–Trinajstić information content (AvgIpc) is 2.94. The van der Waals surface area contributed by atoms with E-state index in [0.717, 1.165) is 17.8 Å². The lowest BCUT2D eigenvalue weighted by molar-refractivity contribution is -0.129. The fourth-order valence-electron chi connectivity index (χ4n) is 1.89. The largest absolute Gasteiger partial charge is 0.344 e. The molecule has 0 fully saturated rings. The van der Waals surface area contributed by atoms with Gasteiger partial charge in [0.2, 0.25) is 5.91 Å². The van der Waals surface area contributed by atoms with E-state index < -0.39 is 0 Å². The zero-order chi connectivity index (χ0) is 14.4. The van der Waals surface area contributed by atoms with Crippen molar-refractivity contribution in [2.45, 2.75) is 6.42 Å².